The minimum absolute atomic E-state index is 0.0437. The van der Waals surface area contributed by atoms with Crippen LogP contribution in [-0.2, 0) is 17.3 Å². The maximum Gasteiger partial charge on any atom is 0.419 e. The molecule has 26 heavy (non-hydrogen) atoms. The van der Waals surface area contributed by atoms with Gasteiger partial charge in [0.05, 0.1) is 18.3 Å². The second kappa shape index (κ2) is 9.54. The predicted octanol–water partition coefficient (Wildman–Crippen LogP) is 6.81. The molecular weight excluding hydrogens is 344 g/mol. The molecule has 0 saturated carbocycles. The van der Waals surface area contributed by atoms with Crippen molar-refractivity contribution in [3.63, 3.8) is 0 Å². The average molecular weight is 372 g/mol. The summed E-state index contributed by atoms with van der Waals surface area (Å²) in [4.78, 5) is 0. The molecule has 0 aromatic heterocycles. The van der Waals surface area contributed by atoms with Crippen molar-refractivity contribution in [2.24, 2.45) is 0 Å². The Morgan fingerprint density at radius 3 is 2.58 bits per heavy atom. The van der Waals surface area contributed by atoms with Crippen molar-refractivity contribution in [2.75, 3.05) is 6.61 Å². The molecule has 0 spiro atoms. The van der Waals surface area contributed by atoms with Crippen molar-refractivity contribution in [2.45, 2.75) is 77.0 Å². The summed E-state index contributed by atoms with van der Waals surface area (Å²) in [6.45, 7) is 4.11. The monoisotopic (exact) mass is 372 g/mol. The van der Waals surface area contributed by atoms with Crippen LogP contribution < -0.4 is 0 Å². The highest BCUT2D eigenvalue weighted by Gasteiger charge is 2.40. The second-order valence-electron chi connectivity index (χ2n) is 6.98. The fraction of sp³-hybridized carbons (Fsp3) is 0.619. The molecule has 0 aliphatic carbocycles. The van der Waals surface area contributed by atoms with Crippen molar-refractivity contribution in [3.8, 4) is 0 Å². The van der Waals surface area contributed by atoms with Crippen LogP contribution in [0.3, 0.4) is 0 Å². The molecule has 2 unspecified atom stereocenters. The lowest BCUT2D eigenvalue weighted by Gasteiger charge is -2.31. The highest BCUT2D eigenvalue weighted by Crippen LogP contribution is 2.41. The highest BCUT2D eigenvalue weighted by atomic mass is 19.4. The van der Waals surface area contributed by atoms with Gasteiger partial charge in [-0.15, -0.1) is 0 Å². The van der Waals surface area contributed by atoms with Gasteiger partial charge in [-0.05, 0) is 56.6 Å². The Morgan fingerprint density at radius 2 is 2.00 bits per heavy atom. The summed E-state index contributed by atoms with van der Waals surface area (Å²) < 4.78 is 61.1. The minimum atomic E-state index is -4.69. The molecule has 5 heteroatoms. The molecule has 1 aromatic rings. The summed E-state index contributed by atoms with van der Waals surface area (Å²) in [5.41, 5.74) is -0.891. The van der Waals surface area contributed by atoms with Gasteiger partial charge in [-0.1, -0.05) is 37.6 Å². The maximum absolute atomic E-state index is 14.6. The minimum Gasteiger partial charge on any atom is -0.378 e. The largest absolute Gasteiger partial charge is 0.419 e. The number of halogens is 4. The molecule has 1 aliphatic heterocycles. The van der Waals surface area contributed by atoms with Gasteiger partial charge in [-0.2, -0.15) is 13.2 Å². The fourth-order valence-electron chi connectivity index (χ4n) is 3.55. The van der Waals surface area contributed by atoms with Gasteiger partial charge in [0.15, 0.2) is 0 Å². The van der Waals surface area contributed by atoms with Gasteiger partial charge in [0.1, 0.15) is 5.82 Å². The summed E-state index contributed by atoms with van der Waals surface area (Å²) in [6, 6.07) is 2.98. The molecule has 2 rings (SSSR count). The highest BCUT2D eigenvalue weighted by molar-refractivity contribution is 5.39. The Morgan fingerprint density at radius 1 is 1.23 bits per heavy atom. The van der Waals surface area contributed by atoms with Crippen molar-refractivity contribution in [1.29, 1.82) is 0 Å². The number of hydrogen-bond acceptors (Lipinski definition) is 1. The zero-order valence-electron chi connectivity index (χ0n) is 15.5. The first-order valence-electron chi connectivity index (χ1n) is 9.49. The molecular formula is C21H28F4O. The smallest absolute Gasteiger partial charge is 0.378 e. The molecule has 0 bridgehead atoms. The first-order valence-corrected chi connectivity index (χ1v) is 9.49. The van der Waals surface area contributed by atoms with Crippen LogP contribution in [0, 0.1) is 5.82 Å². The van der Waals surface area contributed by atoms with E-state index in [2.05, 4.69) is 6.08 Å². The predicted molar refractivity (Wildman–Crippen MR) is 95.8 cm³/mol. The van der Waals surface area contributed by atoms with Crippen LogP contribution >= 0.6 is 0 Å². The molecule has 1 heterocycles. The molecule has 0 radical (unpaired) electrons. The summed E-state index contributed by atoms with van der Waals surface area (Å²) >= 11 is 0. The fourth-order valence-corrected chi connectivity index (χ4v) is 3.55. The van der Waals surface area contributed by atoms with E-state index in [1.165, 1.54) is 12.1 Å². The first kappa shape index (κ1) is 20.9. The molecule has 1 fully saturated rings. The van der Waals surface area contributed by atoms with E-state index in [1.54, 1.807) is 0 Å². The molecule has 0 N–H and O–H groups in total. The SMILES string of the molecule is C/C=C/CCC1CCC(c2ccc(CCCC)c(F)c2C(F)(F)F)CO1. The quantitative estimate of drug-likeness (QED) is 0.377. The van der Waals surface area contributed by atoms with Crippen molar-refractivity contribution in [3.05, 3.63) is 46.8 Å². The van der Waals surface area contributed by atoms with E-state index in [-0.39, 0.29) is 23.8 Å². The topological polar surface area (TPSA) is 9.23 Å². The van der Waals surface area contributed by atoms with Gasteiger partial charge in [0.25, 0.3) is 0 Å². The van der Waals surface area contributed by atoms with Crippen LogP contribution in [0.5, 0.6) is 0 Å². The lowest BCUT2D eigenvalue weighted by molar-refractivity contribution is -0.141. The van der Waals surface area contributed by atoms with Gasteiger partial charge < -0.3 is 4.74 Å². The molecule has 2 atom stereocenters. The van der Waals surface area contributed by atoms with E-state index in [4.69, 9.17) is 4.74 Å². The number of unbranched alkanes of at least 4 members (excludes halogenated alkanes) is 1. The van der Waals surface area contributed by atoms with Gasteiger partial charge in [-0.25, -0.2) is 4.39 Å². The Labute approximate surface area is 153 Å². The number of rotatable bonds is 7. The lowest BCUT2D eigenvalue weighted by atomic mass is 9.85. The Hall–Kier alpha value is -1.36. The van der Waals surface area contributed by atoms with E-state index < -0.39 is 23.5 Å². The van der Waals surface area contributed by atoms with Crippen molar-refractivity contribution < 1.29 is 22.3 Å². The Bertz CT molecular complexity index is 599. The average Bonchev–Trinajstić information content (AvgIpc) is 2.60. The number of aryl methyl sites for hydroxylation is 1. The Kier molecular flexibility index (Phi) is 7.69. The third-order valence-electron chi connectivity index (χ3n) is 5.04. The van der Waals surface area contributed by atoms with Crippen LogP contribution in [0.25, 0.3) is 0 Å². The zero-order chi connectivity index (χ0) is 19.2. The summed E-state index contributed by atoms with van der Waals surface area (Å²) in [5, 5.41) is 0. The van der Waals surface area contributed by atoms with Crippen LogP contribution in [-0.4, -0.2) is 12.7 Å². The molecule has 1 aliphatic rings. The first-order chi connectivity index (χ1) is 12.4. The number of allylic oxidation sites excluding steroid dienone is 2. The summed E-state index contributed by atoms with van der Waals surface area (Å²) in [7, 11) is 0. The van der Waals surface area contributed by atoms with E-state index in [0.717, 1.165) is 19.3 Å². The van der Waals surface area contributed by atoms with Crippen molar-refractivity contribution >= 4 is 0 Å². The lowest BCUT2D eigenvalue weighted by Crippen LogP contribution is -2.27. The molecule has 1 aromatic carbocycles. The van der Waals surface area contributed by atoms with Gasteiger partial charge in [0, 0.05) is 5.92 Å². The number of alkyl halides is 3. The van der Waals surface area contributed by atoms with Gasteiger partial charge in [0.2, 0.25) is 0 Å². The zero-order valence-corrected chi connectivity index (χ0v) is 15.5. The second-order valence-corrected chi connectivity index (χ2v) is 6.98. The standard InChI is InChI=1S/C21H28F4O/c1-3-5-7-9-17-12-10-16(14-26-17)18-13-11-15(8-6-4-2)20(22)19(18)21(23,24)25/h3,5,11,13,16-17H,4,6-10,12,14H2,1-2H3/b5-3+. The molecule has 146 valence electrons. The number of ether oxygens (including phenoxy) is 1. The van der Waals surface area contributed by atoms with Crippen LogP contribution in [0.4, 0.5) is 17.6 Å². The number of hydrogen-bond donors (Lipinski definition) is 0. The van der Waals surface area contributed by atoms with E-state index in [1.807, 2.05) is 19.9 Å². The third kappa shape index (κ3) is 5.32. The maximum atomic E-state index is 14.6. The molecule has 1 nitrogen and oxygen atoms in total. The van der Waals surface area contributed by atoms with Crippen LogP contribution in [0.1, 0.15) is 75.0 Å². The van der Waals surface area contributed by atoms with Crippen molar-refractivity contribution in [1.82, 2.24) is 0 Å². The Balaban J connectivity index is 2.17. The van der Waals surface area contributed by atoms with Gasteiger partial charge >= 0.3 is 6.18 Å². The third-order valence-corrected chi connectivity index (χ3v) is 5.04. The number of benzene rings is 1. The summed E-state index contributed by atoms with van der Waals surface area (Å²) in [6.07, 6.45) is 4.31. The summed E-state index contributed by atoms with van der Waals surface area (Å²) in [5.74, 6) is -1.50. The normalized spacial score (nSPS) is 21.5. The molecule has 0 amide bonds. The van der Waals surface area contributed by atoms with E-state index in [9.17, 15) is 17.6 Å². The van der Waals surface area contributed by atoms with Crippen LogP contribution in [0.15, 0.2) is 24.3 Å². The van der Waals surface area contributed by atoms with E-state index >= 15 is 0 Å². The van der Waals surface area contributed by atoms with E-state index in [0.29, 0.717) is 25.7 Å². The molecule has 1 saturated heterocycles. The van der Waals surface area contributed by atoms with Crippen LogP contribution in [0.2, 0.25) is 0 Å². The van der Waals surface area contributed by atoms with Gasteiger partial charge in [-0.3, -0.25) is 0 Å².